The maximum absolute atomic E-state index is 12.2. The van der Waals surface area contributed by atoms with Gasteiger partial charge in [0.25, 0.3) is 0 Å². The first-order valence-electron chi connectivity index (χ1n) is 11.4. The van der Waals surface area contributed by atoms with Crippen molar-refractivity contribution in [2.45, 2.75) is 76.7 Å². The van der Waals surface area contributed by atoms with Gasteiger partial charge in [-0.3, -0.25) is 0 Å². The quantitative estimate of drug-likeness (QED) is 0.709. The van der Waals surface area contributed by atoms with Crippen molar-refractivity contribution in [1.29, 1.82) is 0 Å². The number of oxime groups is 1. The highest BCUT2D eigenvalue weighted by molar-refractivity contribution is 5.96. The fourth-order valence-corrected chi connectivity index (χ4v) is 7.83. The van der Waals surface area contributed by atoms with Gasteiger partial charge in [-0.15, -0.1) is 0 Å². The number of rotatable bonds is 2. The third kappa shape index (κ3) is 2.63. The van der Waals surface area contributed by atoms with E-state index >= 15 is 0 Å². The van der Waals surface area contributed by atoms with Crippen LogP contribution in [0, 0.1) is 22.7 Å². The zero-order chi connectivity index (χ0) is 21.1. The molecule has 0 bridgehead atoms. The van der Waals surface area contributed by atoms with Gasteiger partial charge >= 0.3 is 5.63 Å². The molecule has 0 aliphatic heterocycles. The van der Waals surface area contributed by atoms with Crippen LogP contribution in [0.15, 0.2) is 44.4 Å². The molecule has 5 heteroatoms. The molecule has 0 radical (unpaired) electrons. The maximum Gasteiger partial charge on any atom is 0.335 e. The van der Waals surface area contributed by atoms with Gasteiger partial charge < -0.3 is 14.4 Å². The Bertz CT molecular complexity index is 944. The molecule has 1 aromatic heterocycles. The summed E-state index contributed by atoms with van der Waals surface area (Å²) in [7, 11) is 1.61. The van der Waals surface area contributed by atoms with Gasteiger partial charge in [0.1, 0.15) is 7.11 Å². The topological polar surface area (TPSA) is 72.0 Å². The molecule has 3 saturated carbocycles. The van der Waals surface area contributed by atoms with Crippen LogP contribution >= 0.6 is 0 Å². The molecule has 5 rings (SSSR count). The van der Waals surface area contributed by atoms with Gasteiger partial charge in [0.2, 0.25) is 0 Å². The van der Waals surface area contributed by atoms with Crippen LogP contribution in [0.2, 0.25) is 0 Å². The van der Waals surface area contributed by atoms with E-state index in [1.807, 2.05) is 6.07 Å². The largest absolute Gasteiger partial charge is 0.431 e. The van der Waals surface area contributed by atoms with Crippen molar-refractivity contribution < 1.29 is 14.4 Å². The summed E-state index contributed by atoms with van der Waals surface area (Å²) in [5.74, 6) is 1.07. The van der Waals surface area contributed by atoms with E-state index in [1.54, 1.807) is 13.4 Å². The number of fused-ring (bicyclic) bond motifs is 5. The lowest BCUT2D eigenvalue weighted by molar-refractivity contribution is -0.176. The first-order valence-corrected chi connectivity index (χ1v) is 11.4. The summed E-state index contributed by atoms with van der Waals surface area (Å²) in [4.78, 5) is 16.5. The summed E-state index contributed by atoms with van der Waals surface area (Å²) in [6.07, 6.45) is 11.9. The normalized spacial score (nSPS) is 44.1. The molecule has 1 N–H and O–H groups in total. The van der Waals surface area contributed by atoms with Gasteiger partial charge in [0.05, 0.1) is 17.6 Å². The molecule has 0 saturated heterocycles. The molecule has 0 aromatic carbocycles. The fourth-order valence-electron chi connectivity index (χ4n) is 7.83. The van der Waals surface area contributed by atoms with Crippen molar-refractivity contribution in [2.24, 2.45) is 27.8 Å². The Kier molecular flexibility index (Phi) is 4.55. The predicted octanol–water partition coefficient (Wildman–Crippen LogP) is 4.80. The molecule has 30 heavy (non-hydrogen) atoms. The van der Waals surface area contributed by atoms with Crippen LogP contribution in [0.25, 0.3) is 0 Å². The minimum atomic E-state index is -0.661. The number of hydrogen-bond donors (Lipinski definition) is 1. The Morgan fingerprint density at radius 2 is 1.93 bits per heavy atom. The number of hydrogen-bond acceptors (Lipinski definition) is 5. The summed E-state index contributed by atoms with van der Waals surface area (Å²) in [5.41, 5.74) is 2.60. The standard InChI is InChI=1S/C25H33NO4/c1-23-11-8-18(26-29-3)14-17(23)5-6-21-20(23)9-12-24(2)19(10-13-25(21,24)28)16-4-7-22(27)30-15-16/h4,7,14-15,19-21,28H,5-6,8-13H2,1-3H3/b26-18+/t19-,20?,21?,23+,24-,25+/m1/s1. The van der Waals surface area contributed by atoms with E-state index in [0.29, 0.717) is 11.8 Å². The Morgan fingerprint density at radius 3 is 2.67 bits per heavy atom. The van der Waals surface area contributed by atoms with Gasteiger partial charge in [0.15, 0.2) is 0 Å². The molecule has 0 amide bonds. The van der Waals surface area contributed by atoms with Crippen molar-refractivity contribution in [2.75, 3.05) is 7.11 Å². The summed E-state index contributed by atoms with van der Waals surface area (Å²) in [6, 6.07) is 3.42. The van der Waals surface area contributed by atoms with Gasteiger partial charge in [-0.25, -0.2) is 4.79 Å². The monoisotopic (exact) mass is 411 g/mol. The molecule has 3 fully saturated rings. The lowest BCUT2D eigenvalue weighted by Crippen LogP contribution is -2.60. The lowest BCUT2D eigenvalue weighted by atomic mass is 9.45. The third-order valence-corrected chi connectivity index (χ3v) is 9.50. The molecule has 2 unspecified atom stereocenters. The average molecular weight is 412 g/mol. The summed E-state index contributed by atoms with van der Waals surface area (Å²) in [6.45, 7) is 4.70. The van der Waals surface area contributed by atoms with Crippen LogP contribution < -0.4 is 5.63 Å². The van der Waals surface area contributed by atoms with Crippen molar-refractivity contribution >= 4 is 5.71 Å². The van der Waals surface area contributed by atoms with Crippen LogP contribution in [-0.4, -0.2) is 23.5 Å². The van der Waals surface area contributed by atoms with Crippen LogP contribution in [0.1, 0.15) is 76.7 Å². The molecular weight excluding hydrogens is 378 g/mol. The maximum atomic E-state index is 12.2. The second-order valence-corrected chi connectivity index (χ2v) is 10.5. The highest BCUT2D eigenvalue weighted by atomic mass is 16.6. The minimum Gasteiger partial charge on any atom is -0.431 e. The highest BCUT2D eigenvalue weighted by Gasteiger charge is 2.66. The molecule has 162 valence electrons. The van der Waals surface area contributed by atoms with E-state index in [9.17, 15) is 9.90 Å². The molecule has 0 spiro atoms. The summed E-state index contributed by atoms with van der Waals surface area (Å²) >= 11 is 0. The summed E-state index contributed by atoms with van der Waals surface area (Å²) in [5, 5.41) is 16.4. The van der Waals surface area contributed by atoms with Crippen LogP contribution in [0.3, 0.4) is 0 Å². The van der Waals surface area contributed by atoms with Gasteiger partial charge in [-0.2, -0.15) is 0 Å². The third-order valence-electron chi connectivity index (χ3n) is 9.50. The van der Waals surface area contributed by atoms with Crippen molar-refractivity contribution in [1.82, 2.24) is 0 Å². The van der Waals surface area contributed by atoms with E-state index in [0.717, 1.165) is 62.6 Å². The Balaban J connectivity index is 1.49. The Hall–Kier alpha value is -1.88. The molecular formula is C25H33NO4. The summed E-state index contributed by atoms with van der Waals surface area (Å²) < 4.78 is 5.19. The second-order valence-electron chi connectivity index (χ2n) is 10.5. The zero-order valence-electron chi connectivity index (χ0n) is 18.3. The van der Waals surface area contributed by atoms with E-state index in [2.05, 4.69) is 25.1 Å². The van der Waals surface area contributed by atoms with Crippen molar-refractivity contribution in [3.63, 3.8) is 0 Å². The molecule has 6 atom stereocenters. The number of aliphatic hydroxyl groups is 1. The smallest absolute Gasteiger partial charge is 0.335 e. The molecule has 1 aromatic rings. The second kappa shape index (κ2) is 6.81. The average Bonchev–Trinajstić information content (AvgIpc) is 3.01. The van der Waals surface area contributed by atoms with E-state index < -0.39 is 5.60 Å². The zero-order valence-corrected chi connectivity index (χ0v) is 18.3. The molecule has 1 heterocycles. The first-order chi connectivity index (χ1) is 14.3. The van der Waals surface area contributed by atoms with E-state index in [-0.39, 0.29) is 22.4 Å². The molecule has 4 aliphatic carbocycles. The van der Waals surface area contributed by atoms with Crippen LogP contribution in [0.4, 0.5) is 0 Å². The van der Waals surface area contributed by atoms with Crippen molar-refractivity contribution in [3.8, 4) is 0 Å². The Labute approximate surface area is 178 Å². The highest BCUT2D eigenvalue weighted by Crippen LogP contribution is 2.69. The van der Waals surface area contributed by atoms with Gasteiger partial charge in [0, 0.05) is 11.5 Å². The van der Waals surface area contributed by atoms with Gasteiger partial charge in [-0.05, 0) is 92.2 Å². The minimum absolute atomic E-state index is 0.143. The lowest BCUT2D eigenvalue weighted by Gasteiger charge is -2.61. The first kappa shape index (κ1) is 20.0. The van der Waals surface area contributed by atoms with Gasteiger partial charge in [-0.1, -0.05) is 24.6 Å². The molecule has 4 aliphatic rings. The fraction of sp³-hybridized carbons (Fsp3) is 0.680. The SMILES string of the molecule is CO/N=C1/C=C2CCC3C(CC[C@]4(C)[C@@H](c5ccc(=O)oc5)CC[C@]34O)[C@@]2(C)CC1. The van der Waals surface area contributed by atoms with Crippen LogP contribution in [-0.2, 0) is 4.84 Å². The number of nitrogens with zero attached hydrogens (tertiary/aromatic N) is 1. The Morgan fingerprint density at radius 1 is 1.10 bits per heavy atom. The van der Waals surface area contributed by atoms with Crippen molar-refractivity contribution in [3.05, 3.63) is 46.0 Å². The molecule has 5 nitrogen and oxygen atoms in total. The predicted molar refractivity (Wildman–Crippen MR) is 115 cm³/mol. The number of allylic oxidation sites excluding steroid dienone is 2. The van der Waals surface area contributed by atoms with Crippen LogP contribution in [0.5, 0.6) is 0 Å². The van der Waals surface area contributed by atoms with E-state index in [1.165, 1.54) is 11.6 Å². The van der Waals surface area contributed by atoms with E-state index in [4.69, 9.17) is 9.25 Å².